The number of aliphatic imine (C=N–C) groups is 1. The molecule has 1 aromatic carbocycles. The first-order valence-corrected chi connectivity index (χ1v) is 11.5. The molecular weight excluding hydrogens is 537 g/mol. The molecule has 0 aliphatic carbocycles. The molecule has 0 spiro atoms. The summed E-state index contributed by atoms with van der Waals surface area (Å²) in [5.74, 6) is 0.651. The summed E-state index contributed by atoms with van der Waals surface area (Å²) in [5, 5.41) is 6.68. The summed E-state index contributed by atoms with van der Waals surface area (Å²) in [6.45, 7) is 6.92. The third-order valence-electron chi connectivity index (χ3n) is 5.21. The fourth-order valence-corrected chi connectivity index (χ4v) is 4.38. The highest BCUT2D eigenvalue weighted by molar-refractivity contribution is 14.0. The van der Waals surface area contributed by atoms with Gasteiger partial charge in [-0.1, -0.05) is 30.3 Å². The molecule has 1 amide bonds. The first-order chi connectivity index (χ1) is 15.0. The average molecular weight is 572 g/mol. The van der Waals surface area contributed by atoms with E-state index in [0.717, 1.165) is 31.9 Å². The molecule has 2 heterocycles. The van der Waals surface area contributed by atoms with Gasteiger partial charge in [0.05, 0.1) is 32.3 Å². The number of rotatable bonds is 8. The summed E-state index contributed by atoms with van der Waals surface area (Å²) in [7, 11) is 3.51. The Hall–Kier alpha value is -1.69. The van der Waals surface area contributed by atoms with Crippen LogP contribution in [-0.4, -0.2) is 75.2 Å². The summed E-state index contributed by atoms with van der Waals surface area (Å²) >= 11 is 1.83. The normalized spacial score (nSPS) is 15.5. The Balaban J connectivity index is 0.00000363. The van der Waals surface area contributed by atoms with Gasteiger partial charge in [0.2, 0.25) is 5.91 Å². The van der Waals surface area contributed by atoms with Crippen molar-refractivity contribution in [3.63, 3.8) is 0 Å². The van der Waals surface area contributed by atoms with Crippen LogP contribution in [0.3, 0.4) is 0 Å². The molecule has 3 rings (SSSR count). The van der Waals surface area contributed by atoms with Crippen molar-refractivity contribution in [2.24, 2.45) is 4.99 Å². The highest BCUT2D eigenvalue weighted by Crippen LogP contribution is 2.27. The quantitative estimate of drug-likeness (QED) is 0.290. The first-order valence-electron chi connectivity index (χ1n) is 10.7. The van der Waals surface area contributed by atoms with E-state index < -0.39 is 0 Å². The number of hydrogen-bond donors (Lipinski definition) is 2. The Bertz CT molecular complexity index is 853. The van der Waals surface area contributed by atoms with Gasteiger partial charge in [0, 0.05) is 43.5 Å². The van der Waals surface area contributed by atoms with Crippen molar-refractivity contribution in [1.29, 1.82) is 0 Å². The highest BCUT2D eigenvalue weighted by atomic mass is 127. The van der Waals surface area contributed by atoms with E-state index >= 15 is 0 Å². The number of aryl methyl sites for hydroxylation is 1. The summed E-state index contributed by atoms with van der Waals surface area (Å²) in [6.07, 6.45) is 0. The Morgan fingerprint density at radius 1 is 1.16 bits per heavy atom. The maximum atomic E-state index is 12.1. The molecule has 1 aliphatic heterocycles. The lowest BCUT2D eigenvalue weighted by Gasteiger charge is -2.34. The van der Waals surface area contributed by atoms with E-state index in [1.54, 1.807) is 19.0 Å². The Morgan fingerprint density at radius 2 is 1.88 bits per heavy atom. The van der Waals surface area contributed by atoms with Crippen LogP contribution in [0.4, 0.5) is 0 Å². The molecule has 1 saturated heterocycles. The minimum absolute atomic E-state index is 0. The van der Waals surface area contributed by atoms with Gasteiger partial charge in [-0.15, -0.1) is 35.3 Å². The van der Waals surface area contributed by atoms with Crippen LogP contribution in [0.25, 0.3) is 0 Å². The fraction of sp³-hybridized carbons (Fsp3) is 0.478. The molecule has 2 aromatic rings. The van der Waals surface area contributed by atoms with E-state index in [1.807, 2.05) is 29.5 Å². The van der Waals surface area contributed by atoms with Crippen molar-refractivity contribution in [3.05, 3.63) is 57.8 Å². The van der Waals surface area contributed by atoms with Gasteiger partial charge in [0.25, 0.3) is 0 Å². The summed E-state index contributed by atoms with van der Waals surface area (Å²) < 4.78 is 5.55. The van der Waals surface area contributed by atoms with Gasteiger partial charge < -0.3 is 20.3 Å². The van der Waals surface area contributed by atoms with Gasteiger partial charge in [-0.2, -0.15) is 0 Å². The molecule has 7 nitrogen and oxygen atoms in total. The lowest BCUT2D eigenvalue weighted by molar-refractivity contribution is -0.127. The molecular formula is C23H34IN5O2S. The summed E-state index contributed by atoms with van der Waals surface area (Å²) in [4.78, 5) is 23.5. The maximum absolute atomic E-state index is 12.1. The lowest BCUT2D eigenvalue weighted by Crippen LogP contribution is -2.47. The highest BCUT2D eigenvalue weighted by Gasteiger charge is 2.24. The molecule has 1 atom stereocenters. The second-order valence-electron chi connectivity index (χ2n) is 7.79. The van der Waals surface area contributed by atoms with Crippen molar-refractivity contribution in [3.8, 4) is 0 Å². The second kappa shape index (κ2) is 13.8. The number of amides is 1. The van der Waals surface area contributed by atoms with Crippen LogP contribution in [0.1, 0.15) is 21.4 Å². The number of halogens is 1. The molecule has 1 aromatic heterocycles. The monoisotopic (exact) mass is 571 g/mol. The molecule has 0 radical (unpaired) electrons. The molecule has 0 saturated carbocycles. The molecule has 1 unspecified atom stereocenters. The number of ether oxygens (including phenoxy) is 1. The van der Waals surface area contributed by atoms with E-state index in [-0.39, 0.29) is 42.5 Å². The van der Waals surface area contributed by atoms with E-state index in [4.69, 9.17) is 9.73 Å². The minimum Gasteiger partial charge on any atom is -0.379 e. The van der Waals surface area contributed by atoms with Gasteiger partial charge in [0.1, 0.15) is 0 Å². The molecule has 1 aliphatic rings. The lowest BCUT2D eigenvalue weighted by atomic mass is 10.2. The Morgan fingerprint density at radius 3 is 2.50 bits per heavy atom. The standard InChI is InChI=1S/C23H33N5O2S.HI/c1-18-9-10-21(31-18)20(28-11-13-30-14-12-28)16-25-23(26-17-22(29)27(2)3)24-15-19-7-5-4-6-8-19;/h4-10,20H,11-17H2,1-3H3,(H2,24,25,26);1H. The van der Waals surface area contributed by atoms with Crippen LogP contribution < -0.4 is 10.6 Å². The molecule has 1 fully saturated rings. The molecule has 0 bridgehead atoms. The maximum Gasteiger partial charge on any atom is 0.241 e. The molecule has 32 heavy (non-hydrogen) atoms. The number of guanidine groups is 1. The van der Waals surface area contributed by atoms with Gasteiger partial charge >= 0.3 is 0 Å². The van der Waals surface area contributed by atoms with Crippen molar-refractivity contribution in [2.75, 3.05) is 53.5 Å². The predicted octanol–water partition coefficient (Wildman–Crippen LogP) is 2.87. The largest absolute Gasteiger partial charge is 0.379 e. The Labute approximate surface area is 212 Å². The average Bonchev–Trinajstić information content (AvgIpc) is 3.22. The fourth-order valence-electron chi connectivity index (χ4n) is 3.37. The zero-order chi connectivity index (χ0) is 22.1. The first kappa shape index (κ1) is 26.6. The van der Waals surface area contributed by atoms with Crippen LogP contribution in [0.15, 0.2) is 47.5 Å². The van der Waals surface area contributed by atoms with Crippen LogP contribution in [-0.2, 0) is 16.1 Å². The summed E-state index contributed by atoms with van der Waals surface area (Å²) in [5.41, 5.74) is 1.13. The second-order valence-corrected chi connectivity index (χ2v) is 9.11. The minimum atomic E-state index is 0. The number of benzene rings is 1. The predicted molar refractivity (Wildman–Crippen MR) is 142 cm³/mol. The zero-order valence-electron chi connectivity index (χ0n) is 19.0. The number of hydrogen-bond acceptors (Lipinski definition) is 5. The van der Waals surface area contributed by atoms with Gasteiger partial charge in [0.15, 0.2) is 5.96 Å². The SMILES string of the molecule is Cc1ccc(C(CNC(=NCc2ccccc2)NCC(=O)N(C)C)N2CCOCC2)s1.I. The van der Waals surface area contributed by atoms with E-state index in [0.29, 0.717) is 19.0 Å². The van der Waals surface area contributed by atoms with E-state index in [2.05, 4.69) is 46.7 Å². The molecule has 2 N–H and O–H groups in total. The van der Waals surface area contributed by atoms with Crippen molar-refractivity contribution in [1.82, 2.24) is 20.4 Å². The number of morpholine rings is 1. The number of likely N-dealkylation sites (N-methyl/N-ethyl adjacent to an activating group) is 1. The van der Waals surface area contributed by atoms with Crippen LogP contribution >= 0.6 is 35.3 Å². The van der Waals surface area contributed by atoms with Gasteiger partial charge in [-0.3, -0.25) is 9.69 Å². The smallest absolute Gasteiger partial charge is 0.241 e. The topological polar surface area (TPSA) is 69.2 Å². The van der Waals surface area contributed by atoms with Crippen LogP contribution in [0, 0.1) is 6.92 Å². The molecule has 9 heteroatoms. The Kier molecular flexibility index (Phi) is 11.4. The van der Waals surface area contributed by atoms with Gasteiger partial charge in [-0.05, 0) is 24.6 Å². The number of thiophene rings is 1. The van der Waals surface area contributed by atoms with Crippen molar-refractivity contribution >= 4 is 47.2 Å². The summed E-state index contributed by atoms with van der Waals surface area (Å²) in [6, 6.07) is 14.7. The zero-order valence-corrected chi connectivity index (χ0v) is 22.2. The van der Waals surface area contributed by atoms with E-state index in [9.17, 15) is 4.79 Å². The van der Waals surface area contributed by atoms with Crippen LogP contribution in [0.5, 0.6) is 0 Å². The number of carbonyl (C=O) groups excluding carboxylic acids is 1. The van der Waals surface area contributed by atoms with Crippen molar-refractivity contribution in [2.45, 2.75) is 19.5 Å². The molecule has 176 valence electrons. The van der Waals surface area contributed by atoms with Crippen molar-refractivity contribution < 1.29 is 9.53 Å². The van der Waals surface area contributed by atoms with Crippen LogP contribution in [0.2, 0.25) is 0 Å². The third-order valence-corrected chi connectivity index (χ3v) is 6.31. The number of carbonyl (C=O) groups is 1. The third kappa shape index (κ3) is 8.34. The van der Waals surface area contributed by atoms with Gasteiger partial charge in [-0.25, -0.2) is 4.99 Å². The van der Waals surface area contributed by atoms with E-state index in [1.165, 1.54) is 9.75 Å². The number of nitrogens with one attached hydrogen (secondary N) is 2. The number of nitrogens with zero attached hydrogens (tertiary/aromatic N) is 3.